The van der Waals surface area contributed by atoms with Gasteiger partial charge in [-0.05, 0) is 47.0 Å². The molecule has 1 heterocycles. The molecule has 1 aliphatic rings. The van der Waals surface area contributed by atoms with Gasteiger partial charge >= 0.3 is 0 Å². The van der Waals surface area contributed by atoms with Gasteiger partial charge in [0.25, 0.3) is 5.91 Å². The normalized spacial score (nSPS) is 15.4. The fraction of sp³-hybridized carbons (Fsp3) is 0.292. The van der Waals surface area contributed by atoms with Gasteiger partial charge in [0.05, 0.1) is 7.11 Å². The van der Waals surface area contributed by atoms with E-state index in [0.29, 0.717) is 5.56 Å². The van der Waals surface area contributed by atoms with Gasteiger partial charge in [-0.1, -0.05) is 42.5 Å². The Morgan fingerprint density at radius 1 is 0.893 bits per heavy atom. The van der Waals surface area contributed by atoms with Crippen LogP contribution in [0.3, 0.4) is 0 Å². The molecule has 1 fully saturated rings. The van der Waals surface area contributed by atoms with E-state index >= 15 is 0 Å². The fourth-order valence-corrected chi connectivity index (χ4v) is 3.87. The summed E-state index contributed by atoms with van der Waals surface area (Å²) in [6, 6.07) is 22.6. The molecular weight excluding hydrogens is 348 g/mol. The van der Waals surface area contributed by atoms with Crippen molar-refractivity contribution in [3.63, 3.8) is 0 Å². The topological polar surface area (TPSA) is 32.8 Å². The number of carbonyl (C=O) groups excluding carboxylic acids is 1. The zero-order chi connectivity index (χ0) is 19.3. The van der Waals surface area contributed by atoms with Crippen LogP contribution in [0.5, 0.6) is 5.75 Å². The Balaban J connectivity index is 1.40. The molecule has 3 aromatic carbocycles. The molecule has 144 valence electrons. The molecule has 4 heteroatoms. The van der Waals surface area contributed by atoms with Crippen molar-refractivity contribution in [3.05, 3.63) is 77.9 Å². The van der Waals surface area contributed by atoms with Gasteiger partial charge in [0.2, 0.25) is 0 Å². The number of hydrogen-bond donors (Lipinski definition) is 0. The van der Waals surface area contributed by atoms with E-state index in [9.17, 15) is 4.79 Å². The molecule has 0 N–H and O–H groups in total. The maximum absolute atomic E-state index is 12.9. The maximum atomic E-state index is 12.9. The molecule has 28 heavy (non-hydrogen) atoms. The lowest BCUT2D eigenvalue weighted by Crippen LogP contribution is -2.35. The average Bonchev–Trinajstić information content (AvgIpc) is 2.99. The van der Waals surface area contributed by atoms with Crippen molar-refractivity contribution in [3.8, 4) is 5.75 Å². The Kier molecular flexibility index (Phi) is 5.58. The molecule has 4 nitrogen and oxygen atoms in total. The van der Waals surface area contributed by atoms with E-state index in [-0.39, 0.29) is 5.91 Å². The van der Waals surface area contributed by atoms with Crippen molar-refractivity contribution in [2.45, 2.75) is 13.0 Å². The SMILES string of the molecule is COc1cccc(C(=O)N2CCCN(Cc3ccc4ccccc4c3)CC2)c1. The van der Waals surface area contributed by atoms with E-state index in [4.69, 9.17) is 4.74 Å². The van der Waals surface area contributed by atoms with Crippen LogP contribution in [0.15, 0.2) is 66.7 Å². The molecule has 0 bridgehead atoms. The number of ether oxygens (including phenoxy) is 1. The number of rotatable bonds is 4. The highest BCUT2D eigenvalue weighted by Gasteiger charge is 2.20. The molecule has 3 aromatic rings. The Bertz CT molecular complexity index is 969. The first-order valence-corrected chi connectivity index (χ1v) is 9.86. The summed E-state index contributed by atoms with van der Waals surface area (Å²) in [6.07, 6.45) is 0.989. The number of fused-ring (bicyclic) bond motifs is 1. The molecule has 0 radical (unpaired) electrons. The third kappa shape index (κ3) is 4.18. The first-order valence-electron chi connectivity index (χ1n) is 9.86. The Labute approximate surface area is 166 Å². The van der Waals surface area contributed by atoms with Gasteiger partial charge in [-0.3, -0.25) is 9.69 Å². The van der Waals surface area contributed by atoms with E-state index in [1.54, 1.807) is 7.11 Å². The quantitative estimate of drug-likeness (QED) is 0.686. The molecular formula is C24H26N2O2. The van der Waals surface area contributed by atoms with Crippen LogP contribution >= 0.6 is 0 Å². The fourth-order valence-electron chi connectivity index (χ4n) is 3.87. The first-order chi connectivity index (χ1) is 13.7. The molecule has 0 unspecified atom stereocenters. The summed E-state index contributed by atoms with van der Waals surface area (Å²) in [5, 5.41) is 2.56. The minimum atomic E-state index is 0.0893. The third-order valence-electron chi connectivity index (χ3n) is 5.41. The number of benzene rings is 3. The van der Waals surface area contributed by atoms with E-state index < -0.39 is 0 Å². The number of carbonyl (C=O) groups is 1. The largest absolute Gasteiger partial charge is 0.497 e. The molecule has 0 aliphatic carbocycles. The summed E-state index contributed by atoms with van der Waals surface area (Å²) in [4.78, 5) is 17.3. The zero-order valence-electron chi connectivity index (χ0n) is 16.3. The Morgan fingerprint density at radius 3 is 2.61 bits per heavy atom. The van der Waals surface area contributed by atoms with Crippen molar-refractivity contribution >= 4 is 16.7 Å². The second-order valence-corrected chi connectivity index (χ2v) is 7.34. The van der Waals surface area contributed by atoms with Crippen LogP contribution in [0, 0.1) is 0 Å². The van der Waals surface area contributed by atoms with E-state index in [2.05, 4.69) is 47.4 Å². The first kappa shape index (κ1) is 18.5. The zero-order valence-corrected chi connectivity index (χ0v) is 16.3. The van der Waals surface area contributed by atoms with Crippen molar-refractivity contribution in [2.75, 3.05) is 33.3 Å². The van der Waals surface area contributed by atoms with Gasteiger partial charge in [-0.15, -0.1) is 0 Å². The van der Waals surface area contributed by atoms with E-state index in [1.807, 2.05) is 29.2 Å². The summed E-state index contributed by atoms with van der Waals surface area (Å²) >= 11 is 0. The van der Waals surface area contributed by atoms with Gasteiger partial charge < -0.3 is 9.64 Å². The van der Waals surface area contributed by atoms with Crippen molar-refractivity contribution in [1.82, 2.24) is 9.80 Å². The van der Waals surface area contributed by atoms with Gasteiger partial charge in [-0.25, -0.2) is 0 Å². The maximum Gasteiger partial charge on any atom is 0.254 e. The highest BCUT2D eigenvalue weighted by atomic mass is 16.5. The summed E-state index contributed by atoms with van der Waals surface area (Å²) in [5.74, 6) is 0.810. The second kappa shape index (κ2) is 8.44. The molecule has 1 aliphatic heterocycles. The lowest BCUT2D eigenvalue weighted by molar-refractivity contribution is 0.0760. The van der Waals surface area contributed by atoms with Gasteiger partial charge in [-0.2, -0.15) is 0 Å². The van der Waals surface area contributed by atoms with Crippen molar-refractivity contribution in [1.29, 1.82) is 0 Å². The molecule has 1 amide bonds. The predicted octanol–water partition coefficient (Wildman–Crippen LogP) is 4.20. The number of nitrogens with zero attached hydrogens (tertiary/aromatic N) is 2. The smallest absolute Gasteiger partial charge is 0.254 e. The highest BCUT2D eigenvalue weighted by molar-refractivity contribution is 5.94. The molecule has 0 spiro atoms. The lowest BCUT2D eigenvalue weighted by atomic mass is 10.1. The summed E-state index contributed by atoms with van der Waals surface area (Å²) in [7, 11) is 1.63. The monoisotopic (exact) mass is 374 g/mol. The van der Waals surface area contributed by atoms with Crippen LogP contribution in [-0.2, 0) is 6.54 Å². The van der Waals surface area contributed by atoms with Crippen LogP contribution in [0.1, 0.15) is 22.3 Å². The van der Waals surface area contributed by atoms with Crippen molar-refractivity contribution < 1.29 is 9.53 Å². The minimum Gasteiger partial charge on any atom is -0.497 e. The summed E-state index contributed by atoms with van der Waals surface area (Å²) in [5.41, 5.74) is 2.02. The van der Waals surface area contributed by atoms with Gasteiger partial charge in [0.15, 0.2) is 0 Å². The summed E-state index contributed by atoms with van der Waals surface area (Å²) < 4.78 is 5.25. The van der Waals surface area contributed by atoms with Crippen LogP contribution in [-0.4, -0.2) is 49.0 Å². The summed E-state index contributed by atoms with van der Waals surface area (Å²) in [6.45, 7) is 4.37. The number of methoxy groups -OCH3 is 1. The predicted molar refractivity (Wildman–Crippen MR) is 113 cm³/mol. The van der Waals surface area contributed by atoms with E-state index in [1.165, 1.54) is 16.3 Å². The van der Waals surface area contributed by atoms with Crippen LogP contribution in [0.4, 0.5) is 0 Å². The minimum absolute atomic E-state index is 0.0893. The standard InChI is InChI=1S/C24H26N2O2/c1-28-23-9-4-8-22(17-23)24(27)26-13-5-12-25(14-15-26)18-19-10-11-20-6-2-3-7-21(20)16-19/h2-4,6-11,16-17H,5,12-15,18H2,1H3. The van der Waals surface area contributed by atoms with Crippen LogP contribution in [0.25, 0.3) is 10.8 Å². The lowest BCUT2D eigenvalue weighted by Gasteiger charge is -2.22. The molecule has 4 rings (SSSR count). The highest BCUT2D eigenvalue weighted by Crippen LogP contribution is 2.19. The molecule has 0 atom stereocenters. The molecule has 0 aromatic heterocycles. The third-order valence-corrected chi connectivity index (χ3v) is 5.41. The van der Waals surface area contributed by atoms with E-state index in [0.717, 1.165) is 44.9 Å². The van der Waals surface area contributed by atoms with Gasteiger partial charge in [0, 0.05) is 38.3 Å². The molecule has 1 saturated heterocycles. The van der Waals surface area contributed by atoms with Crippen molar-refractivity contribution in [2.24, 2.45) is 0 Å². The van der Waals surface area contributed by atoms with Gasteiger partial charge in [0.1, 0.15) is 5.75 Å². The van der Waals surface area contributed by atoms with Crippen LogP contribution in [0.2, 0.25) is 0 Å². The van der Waals surface area contributed by atoms with Crippen LogP contribution < -0.4 is 4.74 Å². The number of hydrogen-bond acceptors (Lipinski definition) is 3. The second-order valence-electron chi connectivity index (χ2n) is 7.34. The number of amides is 1. The Morgan fingerprint density at radius 2 is 1.75 bits per heavy atom. The average molecular weight is 374 g/mol. The molecule has 0 saturated carbocycles. The Hall–Kier alpha value is -2.85.